The average molecular weight is 259 g/mol. The van der Waals surface area contributed by atoms with Crippen molar-refractivity contribution in [3.05, 3.63) is 21.3 Å². The maximum absolute atomic E-state index is 11.5. The third-order valence-electron chi connectivity index (χ3n) is 2.38. The molecule has 2 heterocycles. The third kappa shape index (κ3) is 2.74. The van der Waals surface area contributed by atoms with E-state index < -0.39 is 0 Å². The summed E-state index contributed by atoms with van der Waals surface area (Å²) in [7, 11) is 0. The van der Waals surface area contributed by atoms with Crippen LogP contribution in [0.5, 0.6) is 0 Å². The highest BCUT2D eigenvalue weighted by Crippen LogP contribution is 2.21. The van der Waals surface area contributed by atoms with E-state index in [1.165, 1.54) is 11.3 Å². The number of halogens is 1. The Hall–Kier alpha value is -1.07. The lowest BCUT2D eigenvalue weighted by atomic mass is 10.3. The van der Waals surface area contributed by atoms with Gasteiger partial charge in [0, 0.05) is 11.4 Å². The molecule has 1 saturated heterocycles. The molecule has 1 aromatic heterocycles. The lowest BCUT2D eigenvalue weighted by Crippen LogP contribution is -2.51. The number of nitrogens with zero attached hydrogens (tertiary/aromatic N) is 1. The molecule has 0 aliphatic carbocycles. The van der Waals surface area contributed by atoms with Crippen LogP contribution in [0.2, 0.25) is 4.34 Å². The Morgan fingerprint density at radius 2 is 2.25 bits per heavy atom. The molecule has 1 aliphatic rings. The van der Waals surface area contributed by atoms with Crippen LogP contribution < -0.4 is 5.32 Å². The van der Waals surface area contributed by atoms with Crippen molar-refractivity contribution in [3.63, 3.8) is 0 Å². The molecule has 0 aromatic carbocycles. The Morgan fingerprint density at radius 3 is 2.94 bits per heavy atom. The fourth-order valence-corrected chi connectivity index (χ4v) is 2.61. The van der Waals surface area contributed by atoms with Gasteiger partial charge in [0.05, 0.1) is 17.4 Å². The molecule has 1 aliphatic heterocycles. The normalized spacial score (nSPS) is 16.4. The maximum Gasteiger partial charge on any atom is 0.242 e. The molecule has 0 saturated carbocycles. The van der Waals surface area contributed by atoms with Crippen LogP contribution in [0, 0.1) is 0 Å². The highest BCUT2D eigenvalue weighted by atomic mass is 35.5. The summed E-state index contributed by atoms with van der Waals surface area (Å²) in [6.07, 6.45) is 0.746. The number of nitrogens with one attached hydrogen (secondary N) is 1. The molecule has 0 atom stereocenters. The third-order valence-corrected chi connectivity index (χ3v) is 3.67. The molecule has 86 valence electrons. The summed E-state index contributed by atoms with van der Waals surface area (Å²) < 4.78 is 0.748. The summed E-state index contributed by atoms with van der Waals surface area (Å²) in [6.45, 7) is 0.852. The first-order valence-corrected chi connectivity index (χ1v) is 6.13. The quantitative estimate of drug-likeness (QED) is 0.876. The van der Waals surface area contributed by atoms with Gasteiger partial charge in [-0.3, -0.25) is 9.59 Å². The molecule has 2 amide bonds. The van der Waals surface area contributed by atoms with E-state index in [1.807, 2.05) is 12.1 Å². The smallest absolute Gasteiger partial charge is 0.242 e. The second kappa shape index (κ2) is 4.84. The van der Waals surface area contributed by atoms with Crippen LogP contribution in [0.25, 0.3) is 0 Å². The minimum absolute atomic E-state index is 0.0257. The van der Waals surface area contributed by atoms with Gasteiger partial charge in [-0.2, -0.15) is 0 Å². The number of piperazine rings is 1. The Bertz CT molecular complexity index is 419. The number of amides is 2. The lowest BCUT2D eigenvalue weighted by molar-refractivity contribution is -0.140. The molecular weight excluding hydrogens is 248 g/mol. The minimum Gasteiger partial charge on any atom is -0.345 e. The lowest BCUT2D eigenvalue weighted by Gasteiger charge is -2.26. The van der Waals surface area contributed by atoms with Gasteiger partial charge in [-0.25, -0.2) is 0 Å². The van der Waals surface area contributed by atoms with Gasteiger partial charge in [0.25, 0.3) is 0 Å². The molecule has 1 N–H and O–H groups in total. The molecule has 2 rings (SSSR count). The molecule has 4 nitrogen and oxygen atoms in total. The highest BCUT2D eigenvalue weighted by molar-refractivity contribution is 7.16. The Labute approximate surface area is 102 Å². The van der Waals surface area contributed by atoms with Crippen molar-refractivity contribution in [2.45, 2.75) is 6.42 Å². The molecular formula is C10H11ClN2O2S. The van der Waals surface area contributed by atoms with Crippen LogP contribution in [-0.2, 0) is 16.0 Å². The summed E-state index contributed by atoms with van der Waals surface area (Å²) in [4.78, 5) is 25.3. The summed E-state index contributed by atoms with van der Waals surface area (Å²) >= 11 is 7.31. The van der Waals surface area contributed by atoms with Crippen LogP contribution >= 0.6 is 22.9 Å². The van der Waals surface area contributed by atoms with Crippen molar-refractivity contribution in [3.8, 4) is 0 Å². The molecule has 0 radical (unpaired) electrons. The van der Waals surface area contributed by atoms with Gasteiger partial charge in [0.1, 0.15) is 0 Å². The van der Waals surface area contributed by atoms with E-state index in [-0.39, 0.29) is 24.9 Å². The van der Waals surface area contributed by atoms with Gasteiger partial charge in [0.15, 0.2) is 0 Å². The van der Waals surface area contributed by atoms with Crippen LogP contribution in [0.4, 0.5) is 0 Å². The van der Waals surface area contributed by atoms with Gasteiger partial charge in [0.2, 0.25) is 11.8 Å². The fraction of sp³-hybridized carbons (Fsp3) is 0.400. The summed E-state index contributed by atoms with van der Waals surface area (Å²) in [5.41, 5.74) is 0. The Morgan fingerprint density at radius 1 is 1.44 bits per heavy atom. The van der Waals surface area contributed by atoms with E-state index in [4.69, 9.17) is 11.6 Å². The summed E-state index contributed by atoms with van der Waals surface area (Å²) in [5, 5.41) is 2.52. The zero-order valence-corrected chi connectivity index (χ0v) is 10.1. The van der Waals surface area contributed by atoms with Gasteiger partial charge >= 0.3 is 0 Å². The number of carbonyl (C=O) groups excluding carboxylic acids is 2. The first-order chi connectivity index (χ1) is 7.65. The Kier molecular flexibility index (Phi) is 3.46. The molecule has 1 aromatic rings. The molecule has 16 heavy (non-hydrogen) atoms. The Balaban J connectivity index is 1.89. The standard InChI is InChI=1S/C10H11ClN2O2S/c11-8-2-1-7(16-8)3-4-13-6-9(14)12-5-10(13)15/h1-2H,3-6H2,(H,12,14). The molecule has 6 heteroatoms. The van der Waals surface area contributed by atoms with Crippen LogP contribution in [0.15, 0.2) is 12.1 Å². The SMILES string of the molecule is O=C1CN(CCc2ccc(Cl)s2)C(=O)CN1. The zero-order chi connectivity index (χ0) is 11.5. The van der Waals surface area contributed by atoms with E-state index in [0.717, 1.165) is 15.6 Å². The topological polar surface area (TPSA) is 49.4 Å². The fourth-order valence-electron chi connectivity index (χ4n) is 1.54. The van der Waals surface area contributed by atoms with Crippen molar-refractivity contribution < 1.29 is 9.59 Å². The monoisotopic (exact) mass is 258 g/mol. The van der Waals surface area contributed by atoms with Crippen molar-refractivity contribution >= 4 is 34.8 Å². The molecule has 0 bridgehead atoms. The summed E-state index contributed by atoms with van der Waals surface area (Å²) in [6, 6.07) is 3.79. The summed E-state index contributed by atoms with van der Waals surface area (Å²) in [5.74, 6) is -0.119. The zero-order valence-electron chi connectivity index (χ0n) is 8.53. The van der Waals surface area contributed by atoms with Gasteiger partial charge in [-0.1, -0.05) is 11.6 Å². The predicted octanol–water partition coefficient (Wildman–Crippen LogP) is 0.902. The first kappa shape index (κ1) is 11.4. The van der Waals surface area contributed by atoms with Crippen molar-refractivity contribution in [2.75, 3.05) is 19.6 Å². The molecule has 0 unspecified atom stereocenters. The number of hydrogen-bond donors (Lipinski definition) is 1. The largest absolute Gasteiger partial charge is 0.345 e. The first-order valence-electron chi connectivity index (χ1n) is 4.94. The minimum atomic E-state index is -0.0937. The molecule has 0 spiro atoms. The van der Waals surface area contributed by atoms with E-state index in [9.17, 15) is 9.59 Å². The van der Waals surface area contributed by atoms with Gasteiger partial charge < -0.3 is 10.2 Å². The number of thiophene rings is 1. The van der Waals surface area contributed by atoms with E-state index in [2.05, 4.69) is 5.32 Å². The average Bonchev–Trinajstić information content (AvgIpc) is 2.66. The number of carbonyl (C=O) groups is 2. The van der Waals surface area contributed by atoms with Gasteiger partial charge in [-0.05, 0) is 18.6 Å². The number of hydrogen-bond acceptors (Lipinski definition) is 3. The van der Waals surface area contributed by atoms with Gasteiger partial charge in [-0.15, -0.1) is 11.3 Å². The van der Waals surface area contributed by atoms with Crippen molar-refractivity contribution in [1.29, 1.82) is 0 Å². The highest BCUT2D eigenvalue weighted by Gasteiger charge is 2.22. The van der Waals surface area contributed by atoms with Crippen LogP contribution in [-0.4, -0.2) is 36.3 Å². The van der Waals surface area contributed by atoms with Crippen molar-refractivity contribution in [1.82, 2.24) is 10.2 Å². The van der Waals surface area contributed by atoms with E-state index in [1.54, 1.807) is 4.90 Å². The van der Waals surface area contributed by atoms with E-state index in [0.29, 0.717) is 6.54 Å². The molecule has 1 fully saturated rings. The van der Waals surface area contributed by atoms with E-state index >= 15 is 0 Å². The second-order valence-corrected chi connectivity index (χ2v) is 5.35. The van der Waals surface area contributed by atoms with Crippen LogP contribution in [0.3, 0.4) is 0 Å². The second-order valence-electron chi connectivity index (χ2n) is 3.55. The maximum atomic E-state index is 11.5. The van der Waals surface area contributed by atoms with Crippen molar-refractivity contribution in [2.24, 2.45) is 0 Å². The predicted molar refractivity (Wildman–Crippen MR) is 62.6 cm³/mol. The van der Waals surface area contributed by atoms with Crippen LogP contribution in [0.1, 0.15) is 4.88 Å². The number of rotatable bonds is 3.